The van der Waals surface area contributed by atoms with Gasteiger partial charge in [0.05, 0.1) is 0 Å². The molecule has 4 heteroatoms. The first kappa shape index (κ1) is 13.1. The number of nitrogens with two attached hydrogens (primary N) is 1. The van der Waals surface area contributed by atoms with Crippen LogP contribution in [0.1, 0.15) is 21.5 Å². The molecule has 98 valence electrons. The lowest BCUT2D eigenvalue weighted by Gasteiger charge is -2.12. The number of hydrogen-bond donors (Lipinski definition) is 2. The quantitative estimate of drug-likeness (QED) is 0.812. The number of aryl methyl sites for hydroxylation is 2. The number of anilines is 2. The van der Waals surface area contributed by atoms with E-state index in [0.717, 1.165) is 11.1 Å². The number of rotatable bonds is 2. The molecule has 0 heterocycles. The summed E-state index contributed by atoms with van der Waals surface area (Å²) in [4.78, 5) is 12.0. The minimum atomic E-state index is -0.432. The molecule has 19 heavy (non-hydrogen) atoms. The molecule has 3 nitrogen and oxygen atoms in total. The highest BCUT2D eigenvalue weighted by molar-refractivity contribution is 6.05. The van der Waals surface area contributed by atoms with Gasteiger partial charge in [0, 0.05) is 16.9 Å². The van der Waals surface area contributed by atoms with Crippen molar-refractivity contribution in [3.63, 3.8) is 0 Å². The Bertz CT molecular complexity index is 615. The van der Waals surface area contributed by atoms with E-state index in [9.17, 15) is 9.18 Å². The zero-order chi connectivity index (χ0) is 14.0. The van der Waals surface area contributed by atoms with Crippen molar-refractivity contribution in [2.45, 2.75) is 13.8 Å². The first-order valence-corrected chi connectivity index (χ1v) is 5.91. The molecule has 0 aliphatic heterocycles. The molecule has 0 atom stereocenters. The number of benzene rings is 2. The van der Waals surface area contributed by atoms with Gasteiger partial charge in [0.15, 0.2) is 0 Å². The zero-order valence-corrected chi connectivity index (χ0v) is 10.8. The van der Waals surface area contributed by atoms with Gasteiger partial charge in [0.25, 0.3) is 5.91 Å². The van der Waals surface area contributed by atoms with Crippen LogP contribution in [-0.2, 0) is 0 Å². The van der Waals surface area contributed by atoms with Crippen molar-refractivity contribution in [1.29, 1.82) is 0 Å². The lowest BCUT2D eigenvalue weighted by Crippen LogP contribution is -2.14. The summed E-state index contributed by atoms with van der Waals surface area (Å²) in [6.07, 6.45) is 0. The predicted octanol–water partition coefficient (Wildman–Crippen LogP) is 3.28. The van der Waals surface area contributed by atoms with Gasteiger partial charge >= 0.3 is 0 Å². The Labute approximate surface area is 111 Å². The van der Waals surface area contributed by atoms with Gasteiger partial charge in [-0.2, -0.15) is 0 Å². The number of carbonyl (C=O) groups is 1. The van der Waals surface area contributed by atoms with Crippen LogP contribution >= 0.6 is 0 Å². The highest BCUT2D eigenvalue weighted by atomic mass is 19.1. The van der Waals surface area contributed by atoms with Crippen LogP contribution in [0.3, 0.4) is 0 Å². The van der Waals surface area contributed by atoms with E-state index in [-0.39, 0.29) is 11.5 Å². The van der Waals surface area contributed by atoms with E-state index < -0.39 is 5.82 Å². The Morgan fingerprint density at radius 3 is 2.37 bits per heavy atom. The first-order chi connectivity index (χ1) is 8.97. The smallest absolute Gasteiger partial charge is 0.255 e. The SMILES string of the molecule is Cc1cc(N)cc(C)c1NC(=O)c1cccc(F)c1. The Hall–Kier alpha value is -2.36. The fourth-order valence-corrected chi connectivity index (χ4v) is 2.01. The molecule has 0 aliphatic rings. The summed E-state index contributed by atoms with van der Waals surface area (Å²) in [6, 6.07) is 9.16. The van der Waals surface area contributed by atoms with Crippen LogP contribution in [-0.4, -0.2) is 5.91 Å². The topological polar surface area (TPSA) is 55.1 Å². The van der Waals surface area contributed by atoms with Crippen LogP contribution in [0.5, 0.6) is 0 Å². The maximum absolute atomic E-state index is 13.1. The molecule has 0 fully saturated rings. The maximum Gasteiger partial charge on any atom is 0.255 e. The standard InChI is InChI=1S/C15H15FN2O/c1-9-6-13(17)7-10(2)14(9)18-15(19)11-4-3-5-12(16)8-11/h3-8H,17H2,1-2H3,(H,18,19). The molecule has 0 radical (unpaired) electrons. The van der Waals surface area contributed by atoms with E-state index in [0.29, 0.717) is 11.4 Å². The number of hydrogen-bond acceptors (Lipinski definition) is 2. The van der Waals surface area contributed by atoms with Gasteiger partial charge in [-0.25, -0.2) is 4.39 Å². The lowest BCUT2D eigenvalue weighted by atomic mass is 10.1. The third kappa shape index (κ3) is 2.91. The van der Waals surface area contributed by atoms with Gasteiger partial charge in [0.2, 0.25) is 0 Å². The van der Waals surface area contributed by atoms with Crippen molar-refractivity contribution in [3.8, 4) is 0 Å². The summed E-state index contributed by atoms with van der Waals surface area (Å²) in [5.41, 5.74) is 9.13. The Balaban J connectivity index is 2.29. The fourth-order valence-electron chi connectivity index (χ4n) is 2.01. The first-order valence-electron chi connectivity index (χ1n) is 5.91. The summed E-state index contributed by atoms with van der Waals surface area (Å²) in [7, 11) is 0. The average molecular weight is 258 g/mol. The van der Waals surface area contributed by atoms with Gasteiger partial charge in [-0.05, 0) is 55.3 Å². The second-order valence-corrected chi connectivity index (χ2v) is 4.49. The Kier molecular flexibility index (Phi) is 3.51. The van der Waals surface area contributed by atoms with E-state index in [1.54, 1.807) is 18.2 Å². The molecule has 2 rings (SSSR count). The molecule has 2 aromatic rings. The van der Waals surface area contributed by atoms with E-state index >= 15 is 0 Å². The Morgan fingerprint density at radius 1 is 1.16 bits per heavy atom. The summed E-state index contributed by atoms with van der Waals surface area (Å²) in [6.45, 7) is 3.73. The van der Waals surface area contributed by atoms with Crippen molar-refractivity contribution >= 4 is 17.3 Å². The molecular weight excluding hydrogens is 243 g/mol. The summed E-state index contributed by atoms with van der Waals surface area (Å²) in [5, 5.41) is 2.79. The number of nitrogen functional groups attached to an aromatic ring is 1. The molecule has 0 aliphatic carbocycles. The highest BCUT2D eigenvalue weighted by Crippen LogP contribution is 2.24. The van der Waals surface area contributed by atoms with Crippen LogP contribution < -0.4 is 11.1 Å². The molecule has 0 aromatic heterocycles. The molecule has 1 amide bonds. The van der Waals surface area contributed by atoms with E-state index in [4.69, 9.17) is 5.73 Å². The molecule has 0 bridgehead atoms. The number of halogens is 1. The summed E-state index contributed by atoms with van der Waals surface area (Å²) < 4.78 is 13.1. The largest absolute Gasteiger partial charge is 0.399 e. The molecule has 2 aromatic carbocycles. The second kappa shape index (κ2) is 5.10. The van der Waals surface area contributed by atoms with Crippen LogP contribution in [0.25, 0.3) is 0 Å². The average Bonchev–Trinajstić information content (AvgIpc) is 2.33. The van der Waals surface area contributed by atoms with Crippen LogP contribution in [0.4, 0.5) is 15.8 Å². The molecule has 3 N–H and O–H groups in total. The van der Waals surface area contributed by atoms with Gasteiger partial charge in [-0.3, -0.25) is 4.79 Å². The maximum atomic E-state index is 13.1. The third-order valence-electron chi connectivity index (χ3n) is 2.88. The Morgan fingerprint density at radius 2 is 1.79 bits per heavy atom. The molecular formula is C15H15FN2O. The normalized spacial score (nSPS) is 10.3. The second-order valence-electron chi connectivity index (χ2n) is 4.49. The van der Waals surface area contributed by atoms with Gasteiger partial charge < -0.3 is 11.1 Å². The molecule has 0 unspecified atom stereocenters. The number of nitrogens with one attached hydrogen (secondary N) is 1. The van der Waals surface area contributed by atoms with Crippen LogP contribution in [0, 0.1) is 19.7 Å². The van der Waals surface area contributed by atoms with Crippen molar-refractivity contribution in [3.05, 3.63) is 58.9 Å². The van der Waals surface area contributed by atoms with Gasteiger partial charge in [-0.1, -0.05) is 6.07 Å². The number of carbonyl (C=O) groups excluding carboxylic acids is 1. The van der Waals surface area contributed by atoms with Crippen molar-refractivity contribution in [2.24, 2.45) is 0 Å². The fraction of sp³-hybridized carbons (Fsp3) is 0.133. The molecule has 0 saturated heterocycles. The minimum Gasteiger partial charge on any atom is -0.399 e. The van der Waals surface area contributed by atoms with Crippen molar-refractivity contribution in [1.82, 2.24) is 0 Å². The monoisotopic (exact) mass is 258 g/mol. The summed E-state index contributed by atoms with van der Waals surface area (Å²) >= 11 is 0. The van der Waals surface area contributed by atoms with Crippen LogP contribution in [0.15, 0.2) is 36.4 Å². The minimum absolute atomic E-state index is 0.288. The lowest BCUT2D eigenvalue weighted by molar-refractivity contribution is 0.102. The summed E-state index contributed by atoms with van der Waals surface area (Å²) in [5.74, 6) is -0.770. The van der Waals surface area contributed by atoms with Gasteiger partial charge in [-0.15, -0.1) is 0 Å². The van der Waals surface area contributed by atoms with E-state index in [1.807, 2.05) is 13.8 Å². The molecule has 0 saturated carbocycles. The van der Waals surface area contributed by atoms with Crippen molar-refractivity contribution < 1.29 is 9.18 Å². The highest BCUT2D eigenvalue weighted by Gasteiger charge is 2.10. The van der Waals surface area contributed by atoms with E-state index in [1.165, 1.54) is 18.2 Å². The number of amides is 1. The molecule has 0 spiro atoms. The zero-order valence-electron chi connectivity index (χ0n) is 10.8. The predicted molar refractivity (Wildman–Crippen MR) is 74.7 cm³/mol. The van der Waals surface area contributed by atoms with Crippen molar-refractivity contribution in [2.75, 3.05) is 11.1 Å². The third-order valence-corrected chi connectivity index (χ3v) is 2.88. The van der Waals surface area contributed by atoms with Crippen LogP contribution in [0.2, 0.25) is 0 Å². The van der Waals surface area contributed by atoms with Gasteiger partial charge in [0.1, 0.15) is 5.82 Å². The van der Waals surface area contributed by atoms with E-state index in [2.05, 4.69) is 5.32 Å².